The van der Waals surface area contributed by atoms with Crippen LogP contribution in [0.2, 0.25) is 0 Å². The molecule has 5 aromatic rings. The van der Waals surface area contributed by atoms with Gasteiger partial charge in [0.15, 0.2) is 6.10 Å². The molecule has 3 heterocycles. The minimum atomic E-state index is -2.04. The Morgan fingerprint density at radius 3 is 1.68 bits per heavy atom. The van der Waals surface area contributed by atoms with Gasteiger partial charge in [-0.3, -0.25) is 34.3 Å². The third-order valence-electron chi connectivity index (χ3n) is 19.9. The first-order valence-electron chi connectivity index (χ1n) is 42.3. The van der Waals surface area contributed by atoms with E-state index in [4.69, 9.17) is 75.8 Å². The van der Waals surface area contributed by atoms with E-state index in [1.165, 1.54) is 24.3 Å². The minimum Gasteiger partial charge on any atom is -0.479 e. The highest BCUT2D eigenvalue weighted by atomic mass is 16.7. The number of pyridine rings is 1. The quantitative estimate of drug-likeness (QED) is 0.0162. The van der Waals surface area contributed by atoms with Gasteiger partial charge in [-0.25, -0.2) is 14.4 Å². The molecule has 8 rings (SSSR count). The number of carboxylic acids is 1. The summed E-state index contributed by atoms with van der Waals surface area (Å²) in [6.07, 6.45) is -0.285. The van der Waals surface area contributed by atoms with Crippen LogP contribution >= 0.6 is 0 Å². The second kappa shape index (κ2) is 59.2. The topological polar surface area (TPSA) is 453 Å². The number of alkyl carbamates (subject to hydrolysis) is 1. The van der Waals surface area contributed by atoms with Crippen LogP contribution < -0.4 is 36.6 Å². The van der Waals surface area contributed by atoms with Crippen molar-refractivity contribution in [2.45, 2.75) is 113 Å². The maximum atomic E-state index is 14.1. The maximum Gasteiger partial charge on any atom is 0.411 e. The van der Waals surface area contributed by atoms with E-state index in [-0.39, 0.29) is 98.5 Å². The zero-order valence-electron chi connectivity index (χ0n) is 70.5. The number of amides is 7. The van der Waals surface area contributed by atoms with E-state index in [1.54, 1.807) is 60.8 Å². The summed E-state index contributed by atoms with van der Waals surface area (Å²) in [6.45, 7) is 11.0. The molecule has 36 heteroatoms. The van der Waals surface area contributed by atoms with Crippen molar-refractivity contribution < 1.29 is 135 Å². The summed E-state index contributed by atoms with van der Waals surface area (Å²) in [6, 6.07) is 28.6. The number of rotatable bonds is 63. The number of carboxylic acid groups (broad SMARTS) is 1. The van der Waals surface area contributed by atoms with Crippen molar-refractivity contribution in [2.75, 3.05) is 209 Å². The third kappa shape index (κ3) is 38.0. The molecular formula is C88H122N8O28. The number of aliphatic carboxylic acids is 1. The molecule has 2 fully saturated rings. The summed E-state index contributed by atoms with van der Waals surface area (Å²) in [5, 5.41) is 58.1. The van der Waals surface area contributed by atoms with E-state index in [0.717, 1.165) is 59.9 Å². The number of fused-ring (bicyclic) bond motifs is 3. The summed E-state index contributed by atoms with van der Waals surface area (Å²) in [5.74, 6) is -3.74. The van der Waals surface area contributed by atoms with Gasteiger partial charge >= 0.3 is 18.2 Å². The van der Waals surface area contributed by atoms with Gasteiger partial charge in [-0.05, 0) is 120 Å². The Morgan fingerprint density at radius 2 is 1.10 bits per heavy atom. The van der Waals surface area contributed by atoms with Gasteiger partial charge in [0.05, 0.1) is 158 Å². The van der Waals surface area contributed by atoms with Crippen molar-refractivity contribution >= 4 is 65.1 Å². The highest BCUT2D eigenvalue weighted by molar-refractivity contribution is 5.97. The Kier molecular flexibility index (Phi) is 47.6. The molecule has 2 aliphatic heterocycles. The van der Waals surface area contributed by atoms with E-state index < -0.39 is 73.3 Å². The van der Waals surface area contributed by atoms with Crippen molar-refractivity contribution in [1.29, 1.82) is 0 Å². The first-order chi connectivity index (χ1) is 60.5. The van der Waals surface area contributed by atoms with Crippen molar-refractivity contribution in [2.24, 2.45) is 5.92 Å². The number of aliphatic hydroxyl groups is 3. The Balaban J connectivity index is 0.711. The van der Waals surface area contributed by atoms with Crippen LogP contribution in [0.15, 0.2) is 122 Å². The van der Waals surface area contributed by atoms with Crippen LogP contribution in [0.5, 0.6) is 5.75 Å². The zero-order chi connectivity index (χ0) is 88.0. The summed E-state index contributed by atoms with van der Waals surface area (Å²) in [4.78, 5) is 112. The molecule has 0 bridgehead atoms. The first-order valence-corrected chi connectivity index (χ1v) is 42.3. The number of benzene rings is 4. The number of ether oxygens (including phenoxy) is 16. The number of piperidine rings is 1. The zero-order valence-corrected chi connectivity index (χ0v) is 70.5. The second-order valence-electron chi connectivity index (χ2n) is 29.0. The van der Waals surface area contributed by atoms with Crippen molar-refractivity contribution in [3.8, 4) is 16.9 Å². The molecule has 10 N–H and O–H groups in total. The summed E-state index contributed by atoms with van der Waals surface area (Å²) >= 11 is 0. The first kappa shape index (κ1) is 99.7. The van der Waals surface area contributed by atoms with Crippen LogP contribution in [0.4, 0.5) is 21.0 Å². The number of aromatic nitrogens is 1. The van der Waals surface area contributed by atoms with Crippen LogP contribution in [0.25, 0.3) is 17.2 Å². The van der Waals surface area contributed by atoms with Gasteiger partial charge in [0.25, 0.3) is 5.91 Å². The monoisotopic (exact) mass is 1740 g/mol. The van der Waals surface area contributed by atoms with Crippen LogP contribution in [-0.4, -0.2) is 313 Å². The SMILES string of the molecule is COCCOCCOCCOCCOCCOCCOCCOCCOCCOCCOCCOCCC(=O)NCCCC[C@H](NC(=O)OCC1c2ccccc2-c2ccccc21)C(=O)NCCC(=O)Nc1cc(COC(=O)Nc2cccc(C(=O)N3CCC(CCCCNC(=O)/C=C/c4cccnc4)CC3)c2)ccc1O[C@@H]1O[C@H](C(=O)O)[C@@H](O)[C@H](O)[C@H]1O. The number of carbonyl (C=O) groups excluding carboxylic acids is 7. The molecule has 0 spiro atoms. The molecule has 4 aromatic carbocycles. The lowest BCUT2D eigenvalue weighted by Crippen LogP contribution is -2.61. The van der Waals surface area contributed by atoms with Gasteiger partial charge in [0.2, 0.25) is 29.9 Å². The van der Waals surface area contributed by atoms with Gasteiger partial charge in [0.1, 0.15) is 43.3 Å². The Morgan fingerprint density at radius 1 is 0.540 bits per heavy atom. The summed E-state index contributed by atoms with van der Waals surface area (Å²) in [7, 11) is 1.63. The Bertz CT molecular complexity index is 3950. The maximum absolute atomic E-state index is 14.1. The highest BCUT2D eigenvalue weighted by Gasteiger charge is 2.48. The summed E-state index contributed by atoms with van der Waals surface area (Å²) in [5.41, 5.74) is 5.62. The van der Waals surface area contributed by atoms with Crippen LogP contribution in [-0.2, 0) is 102 Å². The fourth-order valence-corrected chi connectivity index (χ4v) is 13.3. The molecule has 0 unspecified atom stereocenters. The lowest BCUT2D eigenvalue weighted by atomic mass is 9.91. The molecule has 0 saturated carbocycles. The molecule has 0 radical (unpaired) electrons. The predicted octanol–water partition coefficient (Wildman–Crippen LogP) is 5.81. The smallest absolute Gasteiger partial charge is 0.411 e. The molecule has 3 aliphatic rings. The van der Waals surface area contributed by atoms with Crippen LogP contribution in [0.1, 0.15) is 103 Å². The fraction of sp³-hybridized carbons (Fsp3) is 0.557. The third-order valence-corrected chi connectivity index (χ3v) is 19.9. The van der Waals surface area contributed by atoms with E-state index in [9.17, 15) is 58.8 Å². The number of nitrogens with one attached hydrogen (secondary N) is 6. The van der Waals surface area contributed by atoms with E-state index in [2.05, 4.69) is 36.9 Å². The largest absolute Gasteiger partial charge is 0.479 e. The number of methoxy groups -OCH3 is 1. The fourth-order valence-electron chi connectivity index (χ4n) is 13.3. The Labute approximate surface area is 722 Å². The average Bonchev–Trinajstić information content (AvgIpc) is 1.59. The number of likely N-dealkylation sites (tertiary alicyclic amines) is 1. The van der Waals surface area contributed by atoms with Crippen LogP contribution in [0, 0.1) is 5.92 Å². The standard InChI is InChI=1S/C88H122N8O28/c1-109-36-37-111-40-41-113-44-45-115-48-49-117-52-53-119-56-57-120-55-54-118-51-50-116-47-46-114-43-42-112-39-38-110-35-28-77(98)91-31-9-7-20-73(95-88(108)122-62-72-70-18-4-2-16-68(70)69-17-3-5-19-71(69)72)83(103)92-32-25-78(99)94-74-58-65(21-23-75(74)123-86-81(102)79(100)80(101)82(124-86)85(105)106)61-121-87(107)93-67-15-10-14-66(59-67)84(104)96-33-26-63(27-34-96)12-6-8-30-90-76(97)24-22-64-13-11-29-89-60-64/h2-5,10-11,13-19,21-24,29,58-60,63,72-73,79-82,86,100-102H,6-9,12,20,25-28,30-57,61-62H2,1H3,(H,90,97)(H,91,98)(H,92,103)(H,93,107)(H,94,99)(H,95,108)(H,105,106)/b24-22+/t73-,79-,80-,81+,82-,86+/m0/s1. The molecular weight excluding hydrogens is 1620 g/mol. The van der Waals surface area contributed by atoms with Crippen molar-refractivity contribution in [1.82, 2.24) is 31.2 Å². The van der Waals surface area contributed by atoms with E-state index in [0.29, 0.717) is 183 Å². The molecule has 1 aromatic heterocycles. The van der Waals surface area contributed by atoms with E-state index in [1.807, 2.05) is 54.6 Å². The Hall–Kier alpha value is -9.71. The number of anilines is 2. The van der Waals surface area contributed by atoms with Crippen molar-refractivity contribution in [3.63, 3.8) is 0 Å². The van der Waals surface area contributed by atoms with Gasteiger partial charge < -0.3 is 128 Å². The molecule has 682 valence electrons. The number of hydrogen-bond acceptors (Lipinski definition) is 28. The van der Waals surface area contributed by atoms with Gasteiger partial charge in [0, 0.05) is 88.3 Å². The van der Waals surface area contributed by atoms with Gasteiger partial charge in [-0.1, -0.05) is 79.6 Å². The van der Waals surface area contributed by atoms with Crippen molar-refractivity contribution in [3.05, 3.63) is 149 Å². The molecule has 124 heavy (non-hydrogen) atoms. The highest BCUT2D eigenvalue weighted by Crippen LogP contribution is 2.44. The predicted molar refractivity (Wildman–Crippen MR) is 451 cm³/mol. The lowest BCUT2D eigenvalue weighted by Gasteiger charge is -2.38. The second-order valence-corrected chi connectivity index (χ2v) is 29.0. The number of nitrogens with zero attached hydrogens (tertiary/aromatic N) is 2. The molecule has 1 aliphatic carbocycles. The van der Waals surface area contributed by atoms with E-state index >= 15 is 0 Å². The number of unbranched alkanes of at least 4 members (excludes halogenated alkanes) is 2. The summed E-state index contributed by atoms with van der Waals surface area (Å²) < 4.78 is 88.1. The number of carbonyl (C=O) groups is 8. The molecule has 36 nitrogen and oxygen atoms in total. The molecule has 6 atom stereocenters. The van der Waals surface area contributed by atoms with Gasteiger partial charge in [-0.15, -0.1) is 0 Å². The molecule has 2 saturated heterocycles. The number of hydrogen-bond donors (Lipinski definition) is 10. The normalized spacial score (nSPS) is 16.5. The minimum absolute atomic E-state index is 0.0375. The van der Waals surface area contributed by atoms with Gasteiger partial charge in [-0.2, -0.15) is 0 Å². The molecule has 7 amide bonds. The lowest BCUT2D eigenvalue weighted by molar-refractivity contribution is -0.271. The van der Waals surface area contributed by atoms with Crippen LogP contribution in [0.3, 0.4) is 0 Å². The average molecular weight is 1740 g/mol. The number of aliphatic hydroxyl groups excluding tert-OH is 3.